The van der Waals surface area contributed by atoms with Crippen molar-refractivity contribution in [2.45, 2.75) is 60.8 Å². The van der Waals surface area contributed by atoms with Crippen molar-refractivity contribution in [2.24, 2.45) is 0 Å². The molecule has 0 bridgehead atoms. The quantitative estimate of drug-likeness (QED) is 0.125. The molecule has 0 aliphatic carbocycles. The van der Waals surface area contributed by atoms with Crippen LogP contribution in [0.2, 0.25) is 0 Å². The van der Waals surface area contributed by atoms with Gasteiger partial charge < -0.3 is 14.2 Å². The predicted octanol–water partition coefficient (Wildman–Crippen LogP) is 10.3. The Morgan fingerprint density at radius 1 is 0.760 bits per heavy atom. The van der Waals surface area contributed by atoms with Gasteiger partial charge in [-0.1, -0.05) is 51.4 Å². The summed E-state index contributed by atoms with van der Waals surface area (Å²) in [6, 6.07) is 32.5. The maximum Gasteiger partial charge on any atom is 2.00 e. The van der Waals surface area contributed by atoms with Crippen molar-refractivity contribution < 1.29 is 25.2 Å². The summed E-state index contributed by atoms with van der Waals surface area (Å²) in [6.07, 6.45) is 1.89. The fourth-order valence-corrected chi connectivity index (χ4v) is 6.96. The molecule has 0 N–H and O–H groups in total. The first-order chi connectivity index (χ1) is 23.3. The predicted molar refractivity (Wildman–Crippen MR) is 202 cm³/mol. The van der Waals surface area contributed by atoms with Gasteiger partial charge in [-0.15, -0.1) is 35.7 Å². The summed E-state index contributed by atoms with van der Waals surface area (Å²) in [5, 5.41) is 7.27. The van der Waals surface area contributed by atoms with Crippen LogP contribution in [0.3, 0.4) is 0 Å². The van der Waals surface area contributed by atoms with Crippen LogP contribution < -0.4 is 9.64 Å². The zero-order valence-corrected chi connectivity index (χ0v) is 32.0. The van der Waals surface area contributed by atoms with Crippen molar-refractivity contribution in [1.29, 1.82) is 0 Å². The van der Waals surface area contributed by atoms with E-state index in [1.807, 2.05) is 23.0 Å². The number of aryl methyl sites for hydroxylation is 4. The Bertz CT molecular complexity index is 2370. The van der Waals surface area contributed by atoms with Gasteiger partial charge in [0, 0.05) is 54.3 Å². The third kappa shape index (κ3) is 6.26. The number of rotatable bonds is 6. The van der Waals surface area contributed by atoms with Gasteiger partial charge >= 0.3 is 20.4 Å². The molecule has 0 saturated heterocycles. The van der Waals surface area contributed by atoms with Crippen LogP contribution in [-0.2, 0) is 25.8 Å². The fraction of sp³-hybridized carbons (Fsp3) is 0.256. The van der Waals surface area contributed by atoms with E-state index in [9.17, 15) is 0 Å². The van der Waals surface area contributed by atoms with Gasteiger partial charge in [-0.3, -0.25) is 4.68 Å². The Balaban J connectivity index is 0.00000432. The Morgan fingerprint density at radius 3 is 2.18 bits per heavy atom. The SMILES string of the molecule is Cc1cc(Oc2[c-]c3c(cc2)c2ccccc2n3-c2cc(C(C)(C)C)ccn2)[c-]c(-n2nc(C)c(-c3c(C)cc(N(C)C)cc3C)c2C)c1.[Pd+2]. The van der Waals surface area contributed by atoms with E-state index < -0.39 is 0 Å². The molecule has 0 amide bonds. The van der Waals surface area contributed by atoms with Crippen LogP contribution in [0.15, 0.2) is 79.0 Å². The van der Waals surface area contributed by atoms with E-state index in [-0.39, 0.29) is 25.8 Å². The summed E-state index contributed by atoms with van der Waals surface area (Å²) in [6.45, 7) is 17.3. The molecule has 0 fully saturated rings. The first-order valence-corrected chi connectivity index (χ1v) is 16.8. The van der Waals surface area contributed by atoms with E-state index in [0.29, 0.717) is 11.5 Å². The minimum absolute atomic E-state index is 0. The zero-order chi connectivity index (χ0) is 34.8. The first kappa shape index (κ1) is 35.1. The monoisotopic (exact) mass is 751 g/mol. The summed E-state index contributed by atoms with van der Waals surface area (Å²) >= 11 is 0. The second-order valence-corrected chi connectivity index (χ2v) is 14.4. The maximum atomic E-state index is 6.54. The molecule has 0 spiro atoms. The molecule has 0 atom stereocenters. The van der Waals surface area contributed by atoms with Crippen molar-refractivity contribution in [3.63, 3.8) is 0 Å². The molecule has 4 aromatic carbocycles. The van der Waals surface area contributed by atoms with Gasteiger partial charge in [0.1, 0.15) is 5.82 Å². The summed E-state index contributed by atoms with van der Waals surface area (Å²) in [5.74, 6) is 2.08. The van der Waals surface area contributed by atoms with Crippen LogP contribution in [-0.4, -0.2) is 33.4 Å². The molecule has 50 heavy (non-hydrogen) atoms. The Kier molecular flexibility index (Phi) is 9.28. The van der Waals surface area contributed by atoms with Gasteiger partial charge in [-0.05, 0) is 96.8 Å². The van der Waals surface area contributed by atoms with E-state index >= 15 is 0 Å². The number of hydrogen-bond donors (Lipinski definition) is 0. The van der Waals surface area contributed by atoms with E-state index in [1.165, 1.54) is 27.9 Å². The molecule has 3 aromatic heterocycles. The van der Waals surface area contributed by atoms with Crippen molar-refractivity contribution in [2.75, 3.05) is 19.0 Å². The Hall–Kier alpha value is -4.70. The van der Waals surface area contributed by atoms with Gasteiger partial charge in [0.2, 0.25) is 0 Å². The molecular weight excluding hydrogens is 709 g/mol. The van der Waals surface area contributed by atoms with Crippen molar-refractivity contribution >= 4 is 27.5 Å². The molecule has 7 heteroatoms. The minimum atomic E-state index is -0.00620. The Morgan fingerprint density at radius 2 is 1.48 bits per heavy atom. The van der Waals surface area contributed by atoms with Crippen molar-refractivity contribution in [1.82, 2.24) is 19.3 Å². The van der Waals surface area contributed by atoms with Crippen molar-refractivity contribution in [3.05, 3.63) is 125 Å². The topological polar surface area (TPSA) is 48.1 Å². The van der Waals surface area contributed by atoms with Crippen molar-refractivity contribution in [3.8, 4) is 34.1 Å². The van der Waals surface area contributed by atoms with Crippen LogP contribution >= 0.6 is 0 Å². The number of fused-ring (bicyclic) bond motifs is 3. The standard InChI is InChI=1S/C43H43N5O.Pd/c1-26-19-33(48-30(5)42(29(4)45-48)41-27(2)21-32(46(9)10)22-28(41)3)24-35(20-26)49-34-15-16-37-36-13-11-12-14-38(36)47(39(37)25-34)40-23-31(17-18-44-40)43(6,7)8;/h11-23H,1-10H3;/q-2;+2. The molecule has 7 aromatic rings. The average Bonchev–Trinajstić information content (AvgIpc) is 3.53. The summed E-state index contributed by atoms with van der Waals surface area (Å²) in [4.78, 5) is 6.96. The van der Waals surface area contributed by atoms with Gasteiger partial charge in [0.25, 0.3) is 0 Å². The van der Waals surface area contributed by atoms with Gasteiger partial charge in [-0.25, -0.2) is 4.98 Å². The summed E-state index contributed by atoms with van der Waals surface area (Å²) in [5.41, 5.74) is 13.2. The minimum Gasteiger partial charge on any atom is -0.509 e. The average molecular weight is 752 g/mol. The smallest absolute Gasteiger partial charge is 0.509 e. The van der Waals surface area contributed by atoms with Gasteiger partial charge in [-0.2, -0.15) is 16.7 Å². The van der Waals surface area contributed by atoms with Crippen LogP contribution in [0, 0.1) is 46.8 Å². The number of pyridine rings is 1. The third-order valence-corrected chi connectivity index (χ3v) is 9.40. The molecule has 7 rings (SSSR count). The number of hydrogen-bond acceptors (Lipinski definition) is 4. The maximum absolute atomic E-state index is 6.54. The van der Waals surface area contributed by atoms with E-state index in [1.54, 1.807) is 0 Å². The van der Waals surface area contributed by atoms with Crippen LogP contribution in [0.4, 0.5) is 5.69 Å². The van der Waals surface area contributed by atoms with Crippen LogP contribution in [0.5, 0.6) is 11.5 Å². The molecule has 0 unspecified atom stereocenters. The molecule has 0 radical (unpaired) electrons. The molecular formula is C43H43N5OPd. The first-order valence-electron chi connectivity index (χ1n) is 16.8. The van der Waals surface area contributed by atoms with Gasteiger partial charge in [0.15, 0.2) is 0 Å². The number of benzene rings is 4. The number of ether oxygens (including phenoxy) is 1. The second-order valence-electron chi connectivity index (χ2n) is 14.4. The fourth-order valence-electron chi connectivity index (χ4n) is 6.96. The molecule has 0 aliphatic heterocycles. The summed E-state index contributed by atoms with van der Waals surface area (Å²) in [7, 11) is 4.16. The van der Waals surface area contributed by atoms with E-state index in [0.717, 1.165) is 55.8 Å². The molecule has 256 valence electrons. The largest absolute Gasteiger partial charge is 2.00 e. The van der Waals surface area contributed by atoms with Crippen LogP contribution in [0.25, 0.3) is 44.4 Å². The number of nitrogens with zero attached hydrogens (tertiary/aromatic N) is 5. The molecule has 6 nitrogen and oxygen atoms in total. The summed E-state index contributed by atoms with van der Waals surface area (Å²) < 4.78 is 10.7. The van der Waals surface area contributed by atoms with E-state index in [4.69, 9.17) is 14.8 Å². The Labute approximate surface area is 309 Å². The molecule has 0 saturated carbocycles. The van der Waals surface area contributed by atoms with Gasteiger partial charge in [0.05, 0.1) is 5.69 Å². The number of anilines is 1. The molecule has 0 aliphatic rings. The second kappa shape index (κ2) is 13.2. The third-order valence-electron chi connectivity index (χ3n) is 9.40. The number of para-hydroxylation sites is 1. The zero-order valence-electron chi connectivity index (χ0n) is 30.5. The normalized spacial score (nSPS) is 11.6. The van der Waals surface area contributed by atoms with Crippen LogP contribution in [0.1, 0.15) is 54.4 Å². The van der Waals surface area contributed by atoms with E-state index in [2.05, 4.69) is 152 Å². The molecule has 3 heterocycles. The number of aromatic nitrogens is 4.